The molecule has 0 heterocycles. The van der Waals surface area contributed by atoms with E-state index in [1.165, 1.54) is 0 Å². The Labute approximate surface area is 105 Å². The van der Waals surface area contributed by atoms with Gasteiger partial charge in [-0.1, -0.05) is 26.6 Å². The molecule has 0 aromatic heterocycles. The highest BCUT2D eigenvalue weighted by molar-refractivity contribution is 6.77. The number of rotatable bonds is 1. The molecule has 0 unspecified atom stereocenters. The van der Waals surface area contributed by atoms with E-state index in [4.69, 9.17) is 0 Å². The SMILES string of the molecule is C[C@]12CCC(=O)[C@@]1(C)C(=O)C[C@H]([Si](C)(C)C)C2. The molecule has 0 aliphatic heterocycles. The molecule has 0 N–H and O–H groups in total. The number of hydrogen-bond acceptors (Lipinski definition) is 2. The van der Waals surface area contributed by atoms with Crippen LogP contribution in [-0.4, -0.2) is 19.6 Å². The van der Waals surface area contributed by atoms with E-state index in [1.54, 1.807) is 0 Å². The molecule has 2 fully saturated rings. The van der Waals surface area contributed by atoms with Crippen LogP contribution in [-0.2, 0) is 9.59 Å². The topological polar surface area (TPSA) is 34.1 Å². The largest absolute Gasteiger partial charge is 0.299 e. The van der Waals surface area contributed by atoms with Gasteiger partial charge >= 0.3 is 0 Å². The molecule has 2 rings (SSSR count). The van der Waals surface area contributed by atoms with Crippen LogP contribution in [0.5, 0.6) is 0 Å². The van der Waals surface area contributed by atoms with E-state index in [0.29, 0.717) is 18.4 Å². The summed E-state index contributed by atoms with van der Waals surface area (Å²) in [6.45, 7) is 11.1. The van der Waals surface area contributed by atoms with E-state index in [-0.39, 0.29) is 17.0 Å². The summed E-state index contributed by atoms with van der Waals surface area (Å²) < 4.78 is 0. The third-order valence-corrected chi connectivity index (χ3v) is 8.44. The van der Waals surface area contributed by atoms with Gasteiger partial charge in [-0.3, -0.25) is 9.59 Å². The standard InChI is InChI=1S/C14H24O2Si/c1-13-7-6-11(15)14(13,2)12(16)8-10(9-13)17(3,4)5/h10H,6-9H2,1-5H3/t10-,13+,14-/m0/s1. The molecule has 0 bridgehead atoms. The lowest BCUT2D eigenvalue weighted by molar-refractivity contribution is -0.146. The molecule has 0 aromatic rings. The van der Waals surface area contributed by atoms with Crippen molar-refractivity contribution in [2.75, 3.05) is 0 Å². The van der Waals surface area contributed by atoms with Crippen molar-refractivity contribution in [1.29, 1.82) is 0 Å². The minimum atomic E-state index is -1.29. The molecule has 0 spiro atoms. The van der Waals surface area contributed by atoms with Crippen molar-refractivity contribution in [2.45, 2.75) is 64.7 Å². The van der Waals surface area contributed by atoms with Crippen LogP contribution in [0.15, 0.2) is 0 Å². The molecule has 3 atom stereocenters. The van der Waals surface area contributed by atoms with Crippen molar-refractivity contribution in [3.8, 4) is 0 Å². The van der Waals surface area contributed by atoms with E-state index in [1.807, 2.05) is 6.92 Å². The Morgan fingerprint density at radius 1 is 1.12 bits per heavy atom. The fourth-order valence-corrected chi connectivity index (χ4v) is 5.54. The molecule has 2 aliphatic rings. The number of carbonyl (C=O) groups is 2. The average Bonchev–Trinajstić information content (AvgIpc) is 2.42. The van der Waals surface area contributed by atoms with Crippen LogP contribution in [0.3, 0.4) is 0 Å². The first kappa shape index (κ1) is 13.0. The maximum atomic E-state index is 12.5. The highest BCUT2D eigenvalue weighted by Gasteiger charge is 2.62. The Hall–Kier alpha value is -0.443. The van der Waals surface area contributed by atoms with Gasteiger partial charge < -0.3 is 0 Å². The maximum Gasteiger partial charge on any atom is 0.146 e. The van der Waals surface area contributed by atoms with Gasteiger partial charge in [-0.15, -0.1) is 0 Å². The smallest absolute Gasteiger partial charge is 0.146 e. The number of carbonyl (C=O) groups excluding carboxylic acids is 2. The zero-order chi connectivity index (χ0) is 13.1. The first-order chi connectivity index (χ1) is 7.61. The molecule has 0 aromatic carbocycles. The first-order valence-corrected chi connectivity index (χ1v) is 10.3. The van der Waals surface area contributed by atoms with Crippen molar-refractivity contribution < 1.29 is 9.59 Å². The molecule has 0 radical (unpaired) electrons. The van der Waals surface area contributed by atoms with Crippen molar-refractivity contribution >= 4 is 19.6 Å². The second-order valence-corrected chi connectivity index (χ2v) is 13.1. The summed E-state index contributed by atoms with van der Waals surface area (Å²) >= 11 is 0. The lowest BCUT2D eigenvalue weighted by Gasteiger charge is -2.48. The molecule has 3 heteroatoms. The number of fused-ring (bicyclic) bond motifs is 1. The molecule has 2 saturated carbocycles. The molecular formula is C14H24O2Si. The minimum Gasteiger partial charge on any atom is -0.299 e. The van der Waals surface area contributed by atoms with Crippen LogP contribution in [0, 0.1) is 10.8 Å². The van der Waals surface area contributed by atoms with Crippen LogP contribution < -0.4 is 0 Å². The molecule has 0 saturated heterocycles. The van der Waals surface area contributed by atoms with Crippen molar-refractivity contribution in [3.05, 3.63) is 0 Å². The van der Waals surface area contributed by atoms with Gasteiger partial charge in [-0.05, 0) is 30.7 Å². The van der Waals surface area contributed by atoms with E-state index in [0.717, 1.165) is 12.8 Å². The first-order valence-electron chi connectivity index (χ1n) is 6.68. The second-order valence-electron chi connectivity index (χ2n) is 7.50. The summed E-state index contributed by atoms with van der Waals surface area (Å²) in [5.74, 6) is 0.417. The molecule has 2 aliphatic carbocycles. The van der Waals surface area contributed by atoms with Crippen LogP contribution >= 0.6 is 0 Å². The van der Waals surface area contributed by atoms with Gasteiger partial charge in [0.1, 0.15) is 11.6 Å². The van der Waals surface area contributed by atoms with Gasteiger partial charge in [0, 0.05) is 20.9 Å². The van der Waals surface area contributed by atoms with E-state index in [2.05, 4.69) is 26.6 Å². The van der Waals surface area contributed by atoms with Crippen molar-refractivity contribution in [2.24, 2.45) is 10.8 Å². The fourth-order valence-electron chi connectivity index (χ4n) is 3.68. The normalized spacial score (nSPS) is 42.8. The zero-order valence-corrected chi connectivity index (χ0v) is 12.7. The minimum absolute atomic E-state index is 0.0651. The summed E-state index contributed by atoms with van der Waals surface area (Å²) in [5, 5.41) is 0. The number of ketones is 2. The Morgan fingerprint density at radius 2 is 1.71 bits per heavy atom. The van der Waals surface area contributed by atoms with Crippen LogP contribution in [0.4, 0.5) is 0 Å². The summed E-state index contributed by atoms with van der Waals surface area (Å²) in [4.78, 5) is 24.6. The Bertz CT molecular complexity index is 382. The quantitative estimate of drug-likeness (QED) is 0.529. The predicted molar refractivity (Wildman–Crippen MR) is 71.8 cm³/mol. The van der Waals surface area contributed by atoms with Gasteiger partial charge in [0.25, 0.3) is 0 Å². The number of Topliss-reactive ketones (excluding diaryl/α,β-unsaturated/α-hetero) is 2. The highest BCUT2D eigenvalue weighted by Crippen LogP contribution is 2.60. The van der Waals surface area contributed by atoms with Crippen molar-refractivity contribution in [3.63, 3.8) is 0 Å². The maximum absolute atomic E-state index is 12.5. The Morgan fingerprint density at radius 3 is 2.24 bits per heavy atom. The third kappa shape index (κ3) is 1.66. The van der Waals surface area contributed by atoms with E-state index >= 15 is 0 Å². The lowest BCUT2D eigenvalue weighted by atomic mass is 9.58. The fraction of sp³-hybridized carbons (Fsp3) is 0.857. The monoisotopic (exact) mass is 252 g/mol. The van der Waals surface area contributed by atoms with Gasteiger partial charge in [0.05, 0.1) is 5.41 Å². The lowest BCUT2D eigenvalue weighted by Crippen LogP contribution is -2.51. The summed E-state index contributed by atoms with van der Waals surface area (Å²) in [7, 11) is -1.29. The zero-order valence-electron chi connectivity index (χ0n) is 11.7. The second kappa shape index (κ2) is 3.53. The van der Waals surface area contributed by atoms with Crippen molar-refractivity contribution in [1.82, 2.24) is 0 Å². The predicted octanol–water partition coefficient (Wildman–Crippen LogP) is 3.43. The van der Waals surface area contributed by atoms with E-state index < -0.39 is 13.5 Å². The third-order valence-electron chi connectivity index (χ3n) is 5.58. The summed E-state index contributed by atoms with van der Waals surface area (Å²) in [6.07, 6.45) is 3.25. The highest BCUT2D eigenvalue weighted by atomic mass is 28.3. The van der Waals surface area contributed by atoms with Crippen LogP contribution in [0.1, 0.15) is 39.5 Å². The molecule has 2 nitrogen and oxygen atoms in total. The molecule has 96 valence electrons. The van der Waals surface area contributed by atoms with Gasteiger partial charge in [-0.2, -0.15) is 0 Å². The van der Waals surface area contributed by atoms with Gasteiger partial charge in [-0.25, -0.2) is 0 Å². The van der Waals surface area contributed by atoms with Crippen LogP contribution in [0.2, 0.25) is 25.2 Å². The van der Waals surface area contributed by atoms with Gasteiger partial charge in [0.15, 0.2) is 0 Å². The Kier molecular flexibility index (Phi) is 2.70. The average molecular weight is 252 g/mol. The Balaban J connectivity index is 2.38. The van der Waals surface area contributed by atoms with E-state index in [9.17, 15) is 9.59 Å². The van der Waals surface area contributed by atoms with Gasteiger partial charge in [0.2, 0.25) is 0 Å². The summed E-state index contributed by atoms with van der Waals surface area (Å²) in [6, 6.07) is 0. The molecular weight excluding hydrogens is 228 g/mol. The number of hydrogen-bond donors (Lipinski definition) is 0. The van der Waals surface area contributed by atoms with Crippen LogP contribution in [0.25, 0.3) is 0 Å². The summed E-state index contributed by atoms with van der Waals surface area (Å²) in [5.41, 5.74) is -0.174. The molecule has 17 heavy (non-hydrogen) atoms. The molecule has 0 amide bonds.